The highest BCUT2D eigenvalue weighted by atomic mass is 32.1. The average molecular weight is 347 g/mol. The van der Waals surface area contributed by atoms with E-state index in [9.17, 15) is 8.78 Å². The van der Waals surface area contributed by atoms with Crippen LogP contribution in [0.3, 0.4) is 0 Å². The van der Waals surface area contributed by atoms with Gasteiger partial charge < -0.3 is 9.47 Å². The number of rotatable bonds is 5. The Kier molecular flexibility index (Phi) is 4.76. The van der Waals surface area contributed by atoms with Crippen molar-refractivity contribution in [3.05, 3.63) is 52.5 Å². The third-order valence-electron chi connectivity index (χ3n) is 3.38. The van der Waals surface area contributed by atoms with E-state index in [-0.39, 0.29) is 11.5 Å². The van der Waals surface area contributed by atoms with Crippen molar-refractivity contribution >= 4 is 33.7 Å². The Morgan fingerprint density at radius 2 is 1.92 bits per heavy atom. The van der Waals surface area contributed by atoms with E-state index in [2.05, 4.69) is 21.9 Å². The summed E-state index contributed by atoms with van der Waals surface area (Å²) in [6.45, 7) is -0.852. The second-order valence-electron chi connectivity index (χ2n) is 5.15. The van der Waals surface area contributed by atoms with Gasteiger partial charge in [-0.2, -0.15) is 8.78 Å². The van der Waals surface area contributed by atoms with E-state index in [0.717, 1.165) is 20.8 Å². The minimum atomic E-state index is -2.88. The predicted molar refractivity (Wildman–Crippen MR) is 92.9 cm³/mol. The van der Waals surface area contributed by atoms with E-state index in [1.807, 2.05) is 25.1 Å². The van der Waals surface area contributed by atoms with Gasteiger partial charge in [-0.25, -0.2) is 4.98 Å². The number of hydrogen-bond donors (Lipinski definition) is 0. The summed E-state index contributed by atoms with van der Waals surface area (Å²) in [5, 5.41) is 0.877. The van der Waals surface area contributed by atoms with Crippen molar-refractivity contribution in [2.75, 3.05) is 7.11 Å². The zero-order valence-electron chi connectivity index (χ0n) is 13.1. The molecule has 0 aliphatic carbocycles. The SMILES string of the molecule is COc1cc(/C=C/c2nc3cc(C)ccc3s2)ccc1OC(F)F. The van der Waals surface area contributed by atoms with Crippen LogP contribution in [0, 0.1) is 6.92 Å². The molecule has 3 aromatic rings. The molecule has 0 radical (unpaired) electrons. The van der Waals surface area contributed by atoms with Crippen LogP contribution in [-0.2, 0) is 0 Å². The molecule has 0 aliphatic heterocycles. The molecule has 0 saturated carbocycles. The van der Waals surface area contributed by atoms with Crippen LogP contribution < -0.4 is 9.47 Å². The van der Waals surface area contributed by atoms with Crippen molar-refractivity contribution in [1.82, 2.24) is 4.98 Å². The Morgan fingerprint density at radius 1 is 1.08 bits per heavy atom. The van der Waals surface area contributed by atoms with Gasteiger partial charge in [0.05, 0.1) is 17.3 Å². The maximum atomic E-state index is 12.3. The van der Waals surface area contributed by atoms with Crippen LogP contribution in [0.25, 0.3) is 22.4 Å². The van der Waals surface area contributed by atoms with Gasteiger partial charge in [-0.05, 0) is 48.4 Å². The van der Waals surface area contributed by atoms with Crippen LogP contribution in [-0.4, -0.2) is 18.7 Å². The molecule has 1 aromatic heterocycles. The molecule has 3 rings (SSSR count). The number of hydrogen-bond acceptors (Lipinski definition) is 4. The average Bonchev–Trinajstić information content (AvgIpc) is 2.95. The first-order chi connectivity index (χ1) is 11.5. The predicted octanol–water partition coefficient (Wildman–Crippen LogP) is 5.39. The number of benzene rings is 2. The molecule has 3 nitrogen and oxygen atoms in total. The van der Waals surface area contributed by atoms with Crippen molar-refractivity contribution in [2.24, 2.45) is 0 Å². The van der Waals surface area contributed by atoms with Crippen molar-refractivity contribution in [3.63, 3.8) is 0 Å². The number of fused-ring (bicyclic) bond motifs is 1. The minimum Gasteiger partial charge on any atom is -0.493 e. The number of methoxy groups -OCH3 is 1. The normalized spacial score (nSPS) is 11.5. The summed E-state index contributed by atoms with van der Waals surface area (Å²) in [6, 6.07) is 11.0. The molecule has 124 valence electrons. The molecule has 0 aliphatic rings. The fraction of sp³-hybridized carbons (Fsp3) is 0.167. The highest BCUT2D eigenvalue weighted by Crippen LogP contribution is 2.30. The van der Waals surface area contributed by atoms with Gasteiger partial charge in [0, 0.05) is 0 Å². The molecule has 2 aromatic carbocycles. The number of aromatic nitrogens is 1. The number of alkyl halides is 2. The van der Waals surface area contributed by atoms with E-state index in [0.29, 0.717) is 0 Å². The third-order valence-corrected chi connectivity index (χ3v) is 4.38. The highest BCUT2D eigenvalue weighted by molar-refractivity contribution is 7.19. The van der Waals surface area contributed by atoms with Gasteiger partial charge in [0.2, 0.25) is 0 Å². The smallest absolute Gasteiger partial charge is 0.387 e. The maximum absolute atomic E-state index is 12.3. The summed E-state index contributed by atoms with van der Waals surface area (Å²) in [7, 11) is 1.41. The van der Waals surface area contributed by atoms with Crippen LogP contribution in [0.5, 0.6) is 11.5 Å². The third kappa shape index (κ3) is 3.71. The largest absolute Gasteiger partial charge is 0.493 e. The Bertz CT molecular complexity index is 890. The van der Waals surface area contributed by atoms with E-state index >= 15 is 0 Å². The van der Waals surface area contributed by atoms with Gasteiger partial charge in [-0.3, -0.25) is 0 Å². The molecule has 0 amide bonds. The van der Waals surface area contributed by atoms with Crippen molar-refractivity contribution in [3.8, 4) is 11.5 Å². The van der Waals surface area contributed by atoms with E-state index in [1.165, 1.54) is 18.7 Å². The number of aryl methyl sites for hydroxylation is 1. The second-order valence-corrected chi connectivity index (χ2v) is 6.21. The molecule has 24 heavy (non-hydrogen) atoms. The van der Waals surface area contributed by atoms with Gasteiger partial charge in [0.1, 0.15) is 5.01 Å². The summed E-state index contributed by atoms with van der Waals surface area (Å²) in [5.74, 6) is 0.275. The van der Waals surface area contributed by atoms with Crippen molar-refractivity contribution in [2.45, 2.75) is 13.5 Å². The standard InChI is InChI=1S/C18H15F2NO2S/c1-11-3-7-16-13(9-11)21-17(24-16)8-5-12-4-6-14(23-18(19)20)15(10-12)22-2/h3-10,18H,1-2H3/b8-5+. The molecule has 0 N–H and O–H groups in total. The quantitative estimate of drug-likeness (QED) is 0.620. The van der Waals surface area contributed by atoms with Crippen LogP contribution in [0.4, 0.5) is 8.78 Å². The van der Waals surface area contributed by atoms with Gasteiger partial charge in [-0.1, -0.05) is 18.2 Å². The zero-order valence-corrected chi connectivity index (χ0v) is 13.9. The minimum absolute atomic E-state index is 0.0140. The molecule has 0 bridgehead atoms. The number of halogens is 2. The number of nitrogens with zero attached hydrogens (tertiary/aromatic N) is 1. The molecule has 6 heteroatoms. The molecule has 0 unspecified atom stereocenters. The van der Waals surface area contributed by atoms with E-state index in [4.69, 9.17) is 4.74 Å². The molecule has 0 spiro atoms. The van der Waals surface area contributed by atoms with Crippen molar-refractivity contribution in [1.29, 1.82) is 0 Å². The number of thiazole rings is 1. The Labute approximate surface area is 142 Å². The summed E-state index contributed by atoms with van der Waals surface area (Å²) >= 11 is 1.59. The highest BCUT2D eigenvalue weighted by Gasteiger charge is 2.10. The van der Waals surface area contributed by atoms with Gasteiger partial charge in [-0.15, -0.1) is 11.3 Å². The lowest BCUT2D eigenvalue weighted by molar-refractivity contribution is -0.0512. The first kappa shape index (κ1) is 16.4. The van der Waals surface area contributed by atoms with Gasteiger partial charge >= 0.3 is 6.61 Å². The monoisotopic (exact) mass is 347 g/mol. The molecular formula is C18H15F2NO2S. The Balaban J connectivity index is 1.84. The lowest BCUT2D eigenvalue weighted by atomic mass is 10.2. The first-order valence-electron chi connectivity index (χ1n) is 7.23. The van der Waals surface area contributed by atoms with Gasteiger partial charge in [0.15, 0.2) is 11.5 Å². The molecule has 0 saturated heterocycles. The lowest BCUT2D eigenvalue weighted by Crippen LogP contribution is -2.03. The molecular weight excluding hydrogens is 332 g/mol. The second kappa shape index (κ2) is 6.97. The molecule has 0 atom stereocenters. The summed E-state index contributed by atoms with van der Waals surface area (Å²) in [5.41, 5.74) is 2.95. The summed E-state index contributed by atoms with van der Waals surface area (Å²) in [4.78, 5) is 4.56. The lowest BCUT2D eigenvalue weighted by Gasteiger charge is -2.10. The summed E-state index contributed by atoms with van der Waals surface area (Å²) in [6.07, 6.45) is 3.75. The molecule has 1 heterocycles. The van der Waals surface area contributed by atoms with Crippen LogP contribution in [0.1, 0.15) is 16.1 Å². The van der Waals surface area contributed by atoms with Crippen LogP contribution >= 0.6 is 11.3 Å². The maximum Gasteiger partial charge on any atom is 0.387 e. The Morgan fingerprint density at radius 3 is 2.67 bits per heavy atom. The van der Waals surface area contributed by atoms with Crippen LogP contribution in [0.2, 0.25) is 0 Å². The van der Waals surface area contributed by atoms with Crippen molar-refractivity contribution < 1.29 is 18.3 Å². The summed E-state index contributed by atoms with van der Waals surface area (Å²) < 4.78 is 35.3. The number of ether oxygens (including phenoxy) is 2. The Hall–Kier alpha value is -2.47. The van der Waals surface area contributed by atoms with Crippen LogP contribution in [0.15, 0.2) is 36.4 Å². The molecule has 0 fully saturated rings. The van der Waals surface area contributed by atoms with E-state index in [1.54, 1.807) is 23.5 Å². The fourth-order valence-electron chi connectivity index (χ4n) is 2.28. The van der Waals surface area contributed by atoms with Gasteiger partial charge in [0.25, 0.3) is 0 Å². The van der Waals surface area contributed by atoms with E-state index < -0.39 is 6.61 Å². The fourth-order valence-corrected chi connectivity index (χ4v) is 3.13. The first-order valence-corrected chi connectivity index (χ1v) is 8.05. The topological polar surface area (TPSA) is 31.4 Å². The zero-order chi connectivity index (χ0) is 17.1.